The van der Waals surface area contributed by atoms with Crippen LogP contribution in [0, 0.1) is 0 Å². The maximum Gasteiger partial charge on any atom is 0.0700 e. The average Bonchev–Trinajstić information content (AvgIpc) is 2.81. The lowest BCUT2D eigenvalue weighted by Gasteiger charge is -2.17. The van der Waals surface area contributed by atoms with E-state index in [1.165, 1.54) is 45.3 Å². The second-order valence-electron chi connectivity index (χ2n) is 4.57. The maximum atomic E-state index is 5.56. The van der Waals surface area contributed by atoms with Gasteiger partial charge in [-0.25, -0.2) is 0 Å². The van der Waals surface area contributed by atoms with Gasteiger partial charge in [0.05, 0.1) is 6.10 Å². The Balaban J connectivity index is 1.84. The molecule has 0 aliphatic carbocycles. The molecule has 1 heterocycles. The largest absolute Gasteiger partial charge is 0.377 e. The highest BCUT2D eigenvalue weighted by atomic mass is 16.5. The van der Waals surface area contributed by atoms with E-state index in [1.54, 1.807) is 0 Å². The third-order valence-corrected chi connectivity index (χ3v) is 3.37. The van der Waals surface area contributed by atoms with Crippen molar-refractivity contribution in [3.8, 4) is 0 Å². The van der Waals surface area contributed by atoms with E-state index in [0.29, 0.717) is 6.10 Å². The van der Waals surface area contributed by atoms with Gasteiger partial charge in [-0.05, 0) is 51.9 Å². The Morgan fingerprint density at radius 1 is 1.25 bits per heavy atom. The van der Waals surface area contributed by atoms with Crippen LogP contribution in [0.25, 0.3) is 0 Å². The van der Waals surface area contributed by atoms with Crippen molar-refractivity contribution in [3.05, 3.63) is 0 Å². The second kappa shape index (κ2) is 8.97. The topological polar surface area (TPSA) is 24.5 Å². The van der Waals surface area contributed by atoms with E-state index in [1.807, 2.05) is 0 Å². The lowest BCUT2D eigenvalue weighted by atomic mass is 10.2. The highest BCUT2D eigenvalue weighted by molar-refractivity contribution is 4.67. The SMILES string of the molecule is CCN(CC)CCCCNCC1CCCO1. The van der Waals surface area contributed by atoms with Gasteiger partial charge in [-0.2, -0.15) is 0 Å². The smallest absolute Gasteiger partial charge is 0.0700 e. The summed E-state index contributed by atoms with van der Waals surface area (Å²) in [4.78, 5) is 2.49. The molecular weight excluding hydrogens is 200 g/mol. The van der Waals surface area contributed by atoms with Crippen LogP contribution < -0.4 is 5.32 Å². The van der Waals surface area contributed by atoms with Crippen LogP contribution in [0.3, 0.4) is 0 Å². The van der Waals surface area contributed by atoms with Crippen molar-refractivity contribution in [2.45, 2.75) is 45.6 Å². The lowest BCUT2D eigenvalue weighted by Crippen LogP contribution is -2.28. The van der Waals surface area contributed by atoms with Crippen molar-refractivity contribution in [2.24, 2.45) is 0 Å². The molecule has 1 aliphatic rings. The summed E-state index contributed by atoms with van der Waals surface area (Å²) in [6.45, 7) is 11.2. The molecule has 3 heteroatoms. The minimum Gasteiger partial charge on any atom is -0.377 e. The molecule has 0 radical (unpaired) electrons. The Kier molecular flexibility index (Phi) is 7.81. The van der Waals surface area contributed by atoms with Crippen LogP contribution in [0.15, 0.2) is 0 Å². The fourth-order valence-electron chi connectivity index (χ4n) is 2.19. The summed E-state index contributed by atoms with van der Waals surface area (Å²) in [5.74, 6) is 0. The molecule has 1 saturated heterocycles. The van der Waals surface area contributed by atoms with Gasteiger partial charge in [0.2, 0.25) is 0 Å². The second-order valence-corrected chi connectivity index (χ2v) is 4.57. The monoisotopic (exact) mass is 228 g/mol. The van der Waals surface area contributed by atoms with Crippen molar-refractivity contribution in [3.63, 3.8) is 0 Å². The molecule has 1 aliphatic heterocycles. The van der Waals surface area contributed by atoms with Gasteiger partial charge in [-0.1, -0.05) is 13.8 Å². The molecule has 0 saturated carbocycles. The number of unbranched alkanes of at least 4 members (excludes halogenated alkanes) is 1. The molecule has 96 valence electrons. The standard InChI is InChI=1S/C13H28N2O/c1-3-15(4-2)10-6-5-9-14-12-13-8-7-11-16-13/h13-14H,3-12H2,1-2H3. The zero-order valence-electron chi connectivity index (χ0n) is 11.0. The third kappa shape index (κ3) is 5.83. The first-order chi connectivity index (χ1) is 7.86. The zero-order valence-corrected chi connectivity index (χ0v) is 11.0. The molecule has 1 unspecified atom stereocenters. The quantitative estimate of drug-likeness (QED) is 0.610. The van der Waals surface area contributed by atoms with Crippen LogP contribution in [0.1, 0.15) is 39.5 Å². The fourth-order valence-corrected chi connectivity index (χ4v) is 2.19. The van der Waals surface area contributed by atoms with Gasteiger partial charge < -0.3 is 15.0 Å². The number of rotatable bonds is 9. The number of hydrogen-bond acceptors (Lipinski definition) is 3. The van der Waals surface area contributed by atoms with Crippen molar-refractivity contribution >= 4 is 0 Å². The molecule has 0 bridgehead atoms. The normalized spacial score (nSPS) is 20.8. The molecule has 0 amide bonds. The Morgan fingerprint density at radius 3 is 2.69 bits per heavy atom. The number of hydrogen-bond donors (Lipinski definition) is 1. The number of nitrogens with one attached hydrogen (secondary N) is 1. The van der Waals surface area contributed by atoms with E-state index in [-0.39, 0.29) is 0 Å². The predicted octanol–water partition coefficient (Wildman–Crippen LogP) is 1.88. The average molecular weight is 228 g/mol. The van der Waals surface area contributed by atoms with E-state index < -0.39 is 0 Å². The molecule has 1 rings (SSSR count). The first kappa shape index (κ1) is 13.9. The Labute approximate surface area is 101 Å². The van der Waals surface area contributed by atoms with Gasteiger partial charge in [0, 0.05) is 13.2 Å². The van der Waals surface area contributed by atoms with Crippen molar-refractivity contribution < 1.29 is 4.74 Å². The van der Waals surface area contributed by atoms with E-state index in [4.69, 9.17) is 4.74 Å². The van der Waals surface area contributed by atoms with Crippen LogP contribution in [-0.2, 0) is 4.74 Å². The van der Waals surface area contributed by atoms with E-state index in [2.05, 4.69) is 24.1 Å². The summed E-state index contributed by atoms with van der Waals surface area (Å²) >= 11 is 0. The molecule has 1 fully saturated rings. The summed E-state index contributed by atoms with van der Waals surface area (Å²) in [6.07, 6.45) is 5.56. The highest BCUT2D eigenvalue weighted by Crippen LogP contribution is 2.10. The van der Waals surface area contributed by atoms with Gasteiger partial charge in [0.1, 0.15) is 0 Å². The van der Waals surface area contributed by atoms with Crippen LogP contribution >= 0.6 is 0 Å². The Morgan fingerprint density at radius 2 is 2.06 bits per heavy atom. The first-order valence-electron chi connectivity index (χ1n) is 6.91. The van der Waals surface area contributed by atoms with Gasteiger partial charge in [0.25, 0.3) is 0 Å². The first-order valence-corrected chi connectivity index (χ1v) is 6.91. The molecule has 0 aromatic heterocycles. The minimum atomic E-state index is 0.489. The Hall–Kier alpha value is -0.120. The minimum absolute atomic E-state index is 0.489. The molecule has 3 nitrogen and oxygen atoms in total. The van der Waals surface area contributed by atoms with Crippen molar-refractivity contribution in [1.29, 1.82) is 0 Å². The summed E-state index contributed by atoms with van der Waals surface area (Å²) in [5, 5.41) is 3.49. The van der Waals surface area contributed by atoms with E-state index in [0.717, 1.165) is 19.7 Å². The molecule has 1 atom stereocenters. The maximum absolute atomic E-state index is 5.56. The lowest BCUT2D eigenvalue weighted by molar-refractivity contribution is 0.110. The highest BCUT2D eigenvalue weighted by Gasteiger charge is 2.13. The van der Waals surface area contributed by atoms with Crippen LogP contribution in [0.5, 0.6) is 0 Å². The number of ether oxygens (including phenoxy) is 1. The van der Waals surface area contributed by atoms with Crippen molar-refractivity contribution in [2.75, 3.05) is 39.3 Å². The summed E-state index contributed by atoms with van der Waals surface area (Å²) in [6, 6.07) is 0. The predicted molar refractivity (Wildman–Crippen MR) is 68.9 cm³/mol. The molecule has 1 N–H and O–H groups in total. The molecule has 0 spiro atoms. The van der Waals surface area contributed by atoms with Crippen molar-refractivity contribution in [1.82, 2.24) is 10.2 Å². The zero-order chi connectivity index (χ0) is 11.6. The van der Waals surface area contributed by atoms with Crippen LogP contribution in [-0.4, -0.2) is 50.3 Å². The van der Waals surface area contributed by atoms with Gasteiger partial charge in [0.15, 0.2) is 0 Å². The summed E-state index contributed by atoms with van der Waals surface area (Å²) in [5.41, 5.74) is 0. The summed E-state index contributed by atoms with van der Waals surface area (Å²) in [7, 11) is 0. The third-order valence-electron chi connectivity index (χ3n) is 3.37. The van der Waals surface area contributed by atoms with Gasteiger partial charge in [-0.3, -0.25) is 0 Å². The summed E-state index contributed by atoms with van der Waals surface area (Å²) < 4.78 is 5.56. The van der Waals surface area contributed by atoms with Crippen LogP contribution in [0.4, 0.5) is 0 Å². The van der Waals surface area contributed by atoms with Gasteiger partial charge >= 0.3 is 0 Å². The molecular formula is C13H28N2O. The fraction of sp³-hybridized carbons (Fsp3) is 1.00. The molecule has 0 aromatic rings. The molecule has 0 aromatic carbocycles. The van der Waals surface area contributed by atoms with Crippen LogP contribution in [0.2, 0.25) is 0 Å². The Bertz CT molecular complexity index is 148. The number of nitrogens with zero attached hydrogens (tertiary/aromatic N) is 1. The van der Waals surface area contributed by atoms with Gasteiger partial charge in [-0.15, -0.1) is 0 Å². The van der Waals surface area contributed by atoms with E-state index in [9.17, 15) is 0 Å². The molecule has 16 heavy (non-hydrogen) atoms. The van der Waals surface area contributed by atoms with E-state index >= 15 is 0 Å².